The van der Waals surface area contributed by atoms with Crippen molar-refractivity contribution >= 4 is 23.5 Å². The summed E-state index contributed by atoms with van der Waals surface area (Å²) >= 11 is 0. The summed E-state index contributed by atoms with van der Waals surface area (Å²) < 4.78 is 38.2. The van der Waals surface area contributed by atoms with Crippen LogP contribution in [0.25, 0.3) is 0 Å². The first-order valence-corrected chi connectivity index (χ1v) is 9.92. The maximum absolute atomic E-state index is 12.7. The first-order valence-electron chi connectivity index (χ1n) is 9.92. The van der Waals surface area contributed by atoms with Crippen LogP contribution in [0.5, 0.6) is 0 Å². The minimum Gasteiger partial charge on any atom is -0.357 e. The van der Waals surface area contributed by atoms with Crippen molar-refractivity contribution in [2.75, 3.05) is 36.8 Å². The van der Waals surface area contributed by atoms with Gasteiger partial charge in [-0.1, -0.05) is 18.2 Å². The summed E-state index contributed by atoms with van der Waals surface area (Å²) in [7, 11) is 0. The number of anilines is 2. The van der Waals surface area contributed by atoms with Crippen LogP contribution in [0.1, 0.15) is 30.5 Å². The van der Waals surface area contributed by atoms with E-state index >= 15 is 0 Å². The van der Waals surface area contributed by atoms with Gasteiger partial charge in [-0.2, -0.15) is 13.2 Å². The number of nitrogens with one attached hydrogen (secondary N) is 4. The third-order valence-electron chi connectivity index (χ3n) is 4.57. The molecule has 0 spiro atoms. The highest BCUT2D eigenvalue weighted by Gasteiger charge is 2.32. The van der Waals surface area contributed by atoms with Crippen molar-refractivity contribution in [1.82, 2.24) is 20.6 Å². The summed E-state index contributed by atoms with van der Waals surface area (Å²) in [6.45, 7) is 3.66. The fourth-order valence-corrected chi connectivity index (χ4v) is 3.16. The minimum absolute atomic E-state index is 0.0305. The van der Waals surface area contributed by atoms with Crippen LogP contribution in [0, 0.1) is 0 Å². The van der Waals surface area contributed by atoms with Crippen LogP contribution < -0.4 is 21.3 Å². The fourth-order valence-electron chi connectivity index (χ4n) is 3.16. The molecule has 2 heterocycles. The van der Waals surface area contributed by atoms with E-state index in [0.29, 0.717) is 38.6 Å². The monoisotopic (exact) mass is 435 g/mol. The van der Waals surface area contributed by atoms with E-state index in [1.807, 2.05) is 31.2 Å². The van der Waals surface area contributed by atoms with Gasteiger partial charge in [0.15, 0.2) is 5.96 Å². The van der Waals surface area contributed by atoms with Gasteiger partial charge in [0.25, 0.3) is 0 Å². The average molecular weight is 435 g/mol. The van der Waals surface area contributed by atoms with Gasteiger partial charge in [-0.05, 0) is 24.6 Å². The van der Waals surface area contributed by atoms with Gasteiger partial charge < -0.3 is 21.3 Å². The van der Waals surface area contributed by atoms with Crippen LogP contribution in [0.4, 0.5) is 24.8 Å². The number of carbonyl (C=O) groups excluding carboxylic acids is 1. The van der Waals surface area contributed by atoms with E-state index in [-0.39, 0.29) is 17.8 Å². The maximum Gasteiger partial charge on any atom is 0.433 e. The molecule has 0 radical (unpaired) electrons. The lowest BCUT2D eigenvalue weighted by Crippen LogP contribution is -2.40. The van der Waals surface area contributed by atoms with Gasteiger partial charge in [-0.3, -0.25) is 9.79 Å². The largest absolute Gasteiger partial charge is 0.433 e. The molecule has 4 N–H and O–H groups in total. The summed E-state index contributed by atoms with van der Waals surface area (Å²) in [5, 5.41) is 11.8. The van der Waals surface area contributed by atoms with Crippen molar-refractivity contribution in [1.29, 1.82) is 0 Å². The normalized spacial score (nSPS) is 16.3. The number of aliphatic imine (C=N–C) groups is 1. The number of amides is 1. The number of benzene rings is 1. The first kappa shape index (κ1) is 22.3. The number of halogens is 3. The van der Waals surface area contributed by atoms with Gasteiger partial charge in [-0.25, -0.2) is 9.97 Å². The number of guanidine groups is 1. The van der Waals surface area contributed by atoms with E-state index in [1.54, 1.807) is 0 Å². The van der Waals surface area contributed by atoms with Crippen molar-refractivity contribution in [3.63, 3.8) is 0 Å². The Morgan fingerprint density at radius 2 is 2.03 bits per heavy atom. The molecule has 8 nitrogen and oxygen atoms in total. The Morgan fingerprint density at radius 3 is 2.81 bits per heavy atom. The molecule has 1 atom stereocenters. The van der Waals surface area contributed by atoms with Crippen molar-refractivity contribution in [2.45, 2.75) is 25.4 Å². The second-order valence-electron chi connectivity index (χ2n) is 6.87. The SMILES string of the molecule is CCNC(=NCC1CC(=O)Nc2ccccc21)NCCNc1nccc(C(F)(F)F)n1. The quantitative estimate of drug-likeness (QED) is 0.303. The molecule has 1 aromatic carbocycles. The zero-order valence-electron chi connectivity index (χ0n) is 17.0. The smallest absolute Gasteiger partial charge is 0.357 e. The molecule has 166 valence electrons. The Labute approximate surface area is 177 Å². The Balaban J connectivity index is 1.55. The number of rotatable bonds is 7. The molecular formula is C20H24F3N7O. The predicted molar refractivity (Wildman–Crippen MR) is 112 cm³/mol. The minimum atomic E-state index is -4.52. The molecule has 31 heavy (non-hydrogen) atoms. The Hall–Kier alpha value is -3.37. The van der Waals surface area contributed by atoms with Crippen LogP contribution in [-0.2, 0) is 11.0 Å². The summed E-state index contributed by atoms with van der Waals surface area (Å²) in [5.74, 6) is 0.389. The second kappa shape index (κ2) is 10.1. The number of hydrogen-bond acceptors (Lipinski definition) is 5. The van der Waals surface area contributed by atoms with Crippen molar-refractivity contribution < 1.29 is 18.0 Å². The maximum atomic E-state index is 12.7. The van der Waals surface area contributed by atoms with Crippen molar-refractivity contribution in [3.8, 4) is 0 Å². The topological polar surface area (TPSA) is 103 Å². The summed E-state index contributed by atoms with van der Waals surface area (Å²) in [6, 6.07) is 8.47. The second-order valence-corrected chi connectivity index (χ2v) is 6.87. The molecular weight excluding hydrogens is 411 g/mol. The van der Waals surface area contributed by atoms with E-state index in [0.717, 1.165) is 23.5 Å². The number of nitrogens with zero attached hydrogens (tertiary/aromatic N) is 3. The van der Waals surface area contributed by atoms with Crippen molar-refractivity contribution in [3.05, 3.63) is 47.8 Å². The highest BCUT2D eigenvalue weighted by Crippen LogP contribution is 2.32. The molecule has 3 rings (SSSR count). The highest BCUT2D eigenvalue weighted by molar-refractivity contribution is 5.94. The van der Waals surface area contributed by atoms with Gasteiger partial charge >= 0.3 is 6.18 Å². The predicted octanol–water partition coefficient (Wildman–Crippen LogP) is 2.59. The lowest BCUT2D eigenvalue weighted by atomic mass is 9.91. The molecule has 0 aliphatic carbocycles. The van der Waals surface area contributed by atoms with Crippen LogP contribution in [0.3, 0.4) is 0 Å². The molecule has 0 saturated heterocycles. The van der Waals surface area contributed by atoms with Crippen molar-refractivity contribution in [2.24, 2.45) is 4.99 Å². The third kappa shape index (κ3) is 6.30. The van der Waals surface area contributed by atoms with Gasteiger partial charge in [0.2, 0.25) is 11.9 Å². The van der Waals surface area contributed by atoms with Crippen LogP contribution in [-0.4, -0.2) is 48.0 Å². The molecule has 0 saturated carbocycles. The van der Waals surface area contributed by atoms with E-state index in [4.69, 9.17) is 0 Å². The molecule has 2 aromatic rings. The summed E-state index contributed by atoms with van der Waals surface area (Å²) in [6.07, 6.45) is -3.10. The first-order chi connectivity index (χ1) is 14.9. The number of alkyl halides is 3. The summed E-state index contributed by atoms with van der Waals surface area (Å²) in [5.41, 5.74) is 0.858. The van der Waals surface area contributed by atoms with E-state index in [1.165, 1.54) is 0 Å². The Kier molecular flexibility index (Phi) is 7.27. The lowest BCUT2D eigenvalue weighted by Gasteiger charge is -2.24. The molecule has 1 aromatic heterocycles. The molecule has 1 amide bonds. The van der Waals surface area contributed by atoms with Gasteiger partial charge in [0, 0.05) is 43.9 Å². The van der Waals surface area contributed by atoms with Gasteiger partial charge in [0.05, 0.1) is 6.54 Å². The van der Waals surface area contributed by atoms with Crippen LogP contribution in [0.15, 0.2) is 41.5 Å². The third-order valence-corrected chi connectivity index (χ3v) is 4.57. The molecule has 11 heteroatoms. The van der Waals surface area contributed by atoms with Gasteiger partial charge in [0.1, 0.15) is 5.69 Å². The van der Waals surface area contributed by atoms with E-state index in [9.17, 15) is 18.0 Å². The van der Waals surface area contributed by atoms with Crippen LogP contribution >= 0.6 is 0 Å². The molecule has 1 aliphatic heterocycles. The molecule has 0 bridgehead atoms. The number of fused-ring (bicyclic) bond motifs is 1. The number of carbonyl (C=O) groups is 1. The molecule has 0 fully saturated rings. The standard InChI is InChI=1S/C20H24F3N7O/c1-2-24-18(26-9-10-27-19-25-8-7-16(30-19)20(21,22)23)28-12-13-11-17(31)29-15-6-4-3-5-14(13)15/h3-8,13H,2,9-12H2,1H3,(H,29,31)(H2,24,26,28)(H,25,27,30). The van der Waals surface area contributed by atoms with Crippen LogP contribution in [0.2, 0.25) is 0 Å². The zero-order valence-corrected chi connectivity index (χ0v) is 17.0. The van der Waals surface area contributed by atoms with E-state index < -0.39 is 11.9 Å². The average Bonchev–Trinajstić information content (AvgIpc) is 2.74. The Bertz CT molecular complexity index is 933. The summed E-state index contributed by atoms with van der Waals surface area (Å²) in [4.78, 5) is 23.8. The highest BCUT2D eigenvalue weighted by atomic mass is 19.4. The van der Waals surface area contributed by atoms with Gasteiger partial charge in [-0.15, -0.1) is 0 Å². The Morgan fingerprint density at radius 1 is 1.23 bits per heavy atom. The number of aromatic nitrogens is 2. The lowest BCUT2D eigenvalue weighted by molar-refractivity contribution is -0.141. The molecule has 1 unspecified atom stereocenters. The molecule has 1 aliphatic rings. The number of hydrogen-bond donors (Lipinski definition) is 4. The number of para-hydroxylation sites is 1. The fraction of sp³-hybridized carbons (Fsp3) is 0.400. The zero-order chi connectivity index (χ0) is 22.3. The van der Waals surface area contributed by atoms with E-state index in [2.05, 4.69) is 36.2 Å².